The molecule has 3 N–H and O–H groups in total. The van der Waals surface area contributed by atoms with Crippen LogP contribution in [0, 0.1) is 19.8 Å². The van der Waals surface area contributed by atoms with Gasteiger partial charge < -0.3 is 15.5 Å². The number of carbonyl (C=O) groups excluding carboxylic acids is 1. The molecule has 0 saturated heterocycles. The van der Waals surface area contributed by atoms with E-state index < -0.39 is 5.54 Å². The molecule has 0 aromatic carbocycles. The second kappa shape index (κ2) is 6.18. The molecule has 0 spiro atoms. The molecule has 1 amide bonds. The normalized spacial score (nSPS) is 17.9. The molecule has 1 aromatic heterocycles. The van der Waals surface area contributed by atoms with Crippen molar-refractivity contribution in [2.75, 3.05) is 12.3 Å². The summed E-state index contributed by atoms with van der Waals surface area (Å²) < 4.78 is 5.57. The van der Waals surface area contributed by atoms with Gasteiger partial charge in [0.25, 0.3) is 5.22 Å². The van der Waals surface area contributed by atoms with Crippen molar-refractivity contribution in [3.8, 4) is 0 Å². The number of hydrogen-bond acceptors (Lipinski definition) is 5. The van der Waals surface area contributed by atoms with Crippen LogP contribution < -0.4 is 11.1 Å². The van der Waals surface area contributed by atoms with Gasteiger partial charge in [0.1, 0.15) is 11.3 Å². The first-order valence-electron chi connectivity index (χ1n) is 7.11. The second-order valence-electron chi connectivity index (χ2n) is 5.45. The van der Waals surface area contributed by atoms with Crippen LogP contribution in [0.5, 0.6) is 0 Å². The topological polar surface area (TPSA) is 81.2 Å². The quantitative estimate of drug-likeness (QED) is 0.717. The number of aryl methyl sites for hydroxylation is 2. The fraction of sp³-hybridized carbons (Fsp3) is 0.714. The number of rotatable bonds is 8. The Hall–Kier alpha value is -1.01. The molecule has 0 radical (unpaired) electrons. The molecular formula is C14H23N3O2S. The van der Waals surface area contributed by atoms with Crippen molar-refractivity contribution in [1.82, 2.24) is 10.3 Å². The number of oxazole rings is 1. The van der Waals surface area contributed by atoms with Gasteiger partial charge in [-0.1, -0.05) is 18.7 Å². The minimum atomic E-state index is -0.628. The van der Waals surface area contributed by atoms with Crippen LogP contribution in [0.15, 0.2) is 9.64 Å². The lowest BCUT2D eigenvalue weighted by molar-refractivity contribution is -0.124. The van der Waals surface area contributed by atoms with E-state index in [0.717, 1.165) is 37.3 Å². The Morgan fingerprint density at radius 3 is 2.70 bits per heavy atom. The molecule has 6 heteroatoms. The van der Waals surface area contributed by atoms with Gasteiger partial charge in [-0.25, -0.2) is 4.98 Å². The Labute approximate surface area is 124 Å². The molecule has 0 aliphatic heterocycles. The third-order valence-electron chi connectivity index (χ3n) is 3.84. The summed E-state index contributed by atoms with van der Waals surface area (Å²) in [6, 6.07) is 0. The first-order valence-corrected chi connectivity index (χ1v) is 8.10. The van der Waals surface area contributed by atoms with Crippen molar-refractivity contribution in [1.29, 1.82) is 0 Å². The van der Waals surface area contributed by atoms with Crippen LogP contribution in [0.4, 0.5) is 0 Å². The van der Waals surface area contributed by atoms with Crippen molar-refractivity contribution in [3.05, 3.63) is 11.5 Å². The van der Waals surface area contributed by atoms with Crippen LogP contribution in [0.2, 0.25) is 0 Å². The summed E-state index contributed by atoms with van der Waals surface area (Å²) in [6.45, 7) is 6.69. The monoisotopic (exact) mass is 297 g/mol. The van der Waals surface area contributed by atoms with Crippen LogP contribution in [-0.4, -0.2) is 28.7 Å². The lowest BCUT2D eigenvalue weighted by Crippen LogP contribution is -2.59. The van der Waals surface area contributed by atoms with Gasteiger partial charge >= 0.3 is 0 Å². The SMILES string of the molecule is CCCNC(CSc1nc(C)c(C)o1)(C(N)=O)C1CC1. The average molecular weight is 297 g/mol. The van der Waals surface area contributed by atoms with Crippen molar-refractivity contribution in [2.45, 2.75) is 50.8 Å². The first-order chi connectivity index (χ1) is 9.49. The van der Waals surface area contributed by atoms with Crippen LogP contribution in [0.25, 0.3) is 0 Å². The van der Waals surface area contributed by atoms with Gasteiger partial charge in [0, 0.05) is 5.75 Å². The highest BCUT2D eigenvalue weighted by molar-refractivity contribution is 7.99. The molecule has 1 saturated carbocycles. The number of hydrogen-bond donors (Lipinski definition) is 2. The van der Waals surface area contributed by atoms with Crippen LogP contribution in [0.3, 0.4) is 0 Å². The average Bonchev–Trinajstić information content (AvgIpc) is 3.18. The maximum atomic E-state index is 12.0. The summed E-state index contributed by atoms with van der Waals surface area (Å²) in [6.07, 6.45) is 3.09. The predicted molar refractivity (Wildman–Crippen MR) is 79.6 cm³/mol. The van der Waals surface area contributed by atoms with E-state index in [1.54, 1.807) is 0 Å². The molecule has 1 unspecified atom stereocenters. The Morgan fingerprint density at radius 2 is 2.25 bits per heavy atom. The van der Waals surface area contributed by atoms with Gasteiger partial charge in [-0.3, -0.25) is 4.79 Å². The minimum Gasteiger partial charge on any atom is -0.437 e. The van der Waals surface area contributed by atoms with Crippen molar-refractivity contribution < 1.29 is 9.21 Å². The third-order valence-corrected chi connectivity index (χ3v) is 4.86. The van der Waals surface area contributed by atoms with Crippen LogP contribution >= 0.6 is 11.8 Å². The van der Waals surface area contributed by atoms with E-state index >= 15 is 0 Å². The number of nitrogens with two attached hydrogens (primary N) is 1. The summed E-state index contributed by atoms with van der Waals surface area (Å²) in [5.74, 6) is 1.48. The molecule has 1 atom stereocenters. The standard InChI is InChI=1S/C14H23N3O2S/c1-4-7-16-14(12(15)18,11-5-6-11)8-20-13-17-9(2)10(3)19-13/h11,16H,4-8H2,1-3H3,(H2,15,18). The molecular weight excluding hydrogens is 274 g/mol. The molecule has 1 aliphatic carbocycles. The van der Waals surface area contributed by atoms with E-state index in [1.165, 1.54) is 11.8 Å². The van der Waals surface area contributed by atoms with Gasteiger partial charge in [-0.2, -0.15) is 0 Å². The zero-order chi connectivity index (χ0) is 14.8. The zero-order valence-electron chi connectivity index (χ0n) is 12.4. The number of nitrogens with one attached hydrogen (secondary N) is 1. The molecule has 1 aliphatic rings. The Balaban J connectivity index is 2.08. The van der Waals surface area contributed by atoms with Crippen molar-refractivity contribution in [2.24, 2.45) is 11.7 Å². The van der Waals surface area contributed by atoms with Crippen LogP contribution in [0.1, 0.15) is 37.6 Å². The smallest absolute Gasteiger partial charge is 0.256 e. The highest BCUT2D eigenvalue weighted by Gasteiger charge is 2.49. The summed E-state index contributed by atoms with van der Waals surface area (Å²) in [4.78, 5) is 16.3. The molecule has 1 heterocycles. The summed E-state index contributed by atoms with van der Waals surface area (Å²) in [7, 11) is 0. The maximum Gasteiger partial charge on any atom is 0.256 e. The lowest BCUT2D eigenvalue weighted by Gasteiger charge is -2.31. The molecule has 1 fully saturated rings. The van der Waals surface area contributed by atoms with E-state index in [-0.39, 0.29) is 5.91 Å². The Kier molecular flexibility index (Phi) is 4.75. The van der Waals surface area contributed by atoms with E-state index in [0.29, 0.717) is 16.9 Å². The van der Waals surface area contributed by atoms with E-state index in [2.05, 4.69) is 17.2 Å². The van der Waals surface area contributed by atoms with Gasteiger partial charge in [0.15, 0.2) is 0 Å². The molecule has 112 valence electrons. The fourth-order valence-corrected chi connectivity index (χ4v) is 3.49. The highest BCUT2D eigenvalue weighted by atomic mass is 32.2. The number of primary amides is 1. The number of thioether (sulfide) groups is 1. The predicted octanol–water partition coefficient (Wildman–Crippen LogP) is 2.02. The van der Waals surface area contributed by atoms with E-state index in [4.69, 9.17) is 10.2 Å². The summed E-state index contributed by atoms with van der Waals surface area (Å²) >= 11 is 1.47. The Bertz CT molecular complexity index is 465. The number of nitrogens with zero attached hydrogens (tertiary/aromatic N) is 1. The molecule has 20 heavy (non-hydrogen) atoms. The maximum absolute atomic E-state index is 12.0. The second-order valence-corrected chi connectivity index (χ2v) is 6.37. The van der Waals surface area contributed by atoms with Crippen LogP contribution in [-0.2, 0) is 4.79 Å². The zero-order valence-corrected chi connectivity index (χ0v) is 13.2. The first kappa shape index (κ1) is 15.4. The van der Waals surface area contributed by atoms with Crippen molar-refractivity contribution >= 4 is 17.7 Å². The van der Waals surface area contributed by atoms with Gasteiger partial charge in [-0.15, -0.1) is 0 Å². The van der Waals surface area contributed by atoms with Gasteiger partial charge in [0.05, 0.1) is 5.69 Å². The fourth-order valence-electron chi connectivity index (χ4n) is 2.28. The van der Waals surface area contributed by atoms with Crippen molar-refractivity contribution in [3.63, 3.8) is 0 Å². The number of amides is 1. The number of carbonyl (C=O) groups is 1. The largest absolute Gasteiger partial charge is 0.437 e. The lowest BCUT2D eigenvalue weighted by atomic mass is 9.94. The van der Waals surface area contributed by atoms with E-state index in [1.807, 2.05) is 13.8 Å². The minimum absolute atomic E-state index is 0.263. The Morgan fingerprint density at radius 1 is 1.55 bits per heavy atom. The molecule has 0 bridgehead atoms. The highest BCUT2D eigenvalue weighted by Crippen LogP contribution is 2.42. The third kappa shape index (κ3) is 3.17. The molecule has 5 nitrogen and oxygen atoms in total. The molecule has 2 rings (SSSR count). The van der Waals surface area contributed by atoms with Gasteiger partial charge in [0.2, 0.25) is 5.91 Å². The van der Waals surface area contributed by atoms with Gasteiger partial charge in [-0.05, 0) is 45.6 Å². The molecule has 1 aromatic rings. The number of aromatic nitrogens is 1. The summed E-state index contributed by atoms with van der Waals surface area (Å²) in [5, 5.41) is 3.99. The van der Waals surface area contributed by atoms with E-state index in [9.17, 15) is 4.79 Å². The summed E-state index contributed by atoms with van der Waals surface area (Å²) in [5.41, 5.74) is 5.95.